The fraction of sp³-hybridized carbons (Fsp3) is 0.429. The van der Waals surface area contributed by atoms with E-state index in [-0.39, 0.29) is 11.9 Å². The molecule has 2 aromatic rings. The largest absolute Gasteiger partial charge is 0.456 e. The van der Waals surface area contributed by atoms with Gasteiger partial charge in [0.15, 0.2) is 10.9 Å². The number of hydrogen-bond donors (Lipinski definition) is 0. The summed E-state index contributed by atoms with van der Waals surface area (Å²) >= 11 is 1.51. The maximum Gasteiger partial charge on any atom is 0.296 e. The zero-order valence-corrected chi connectivity index (χ0v) is 12.1. The van der Waals surface area contributed by atoms with Crippen molar-refractivity contribution in [2.45, 2.75) is 39.7 Å². The Bertz CT molecular complexity index is 625. The van der Waals surface area contributed by atoms with Crippen molar-refractivity contribution in [1.29, 1.82) is 0 Å². The molecule has 0 N–H and O–H groups in total. The summed E-state index contributed by atoms with van der Waals surface area (Å²) in [7, 11) is 0. The highest BCUT2D eigenvalue weighted by atomic mass is 32.1. The zero-order chi connectivity index (χ0) is 13.6. The molecule has 1 aliphatic carbocycles. The minimum Gasteiger partial charge on any atom is -0.456 e. The highest BCUT2D eigenvalue weighted by molar-refractivity contribution is 7.14. The van der Waals surface area contributed by atoms with E-state index in [2.05, 4.69) is 4.98 Å². The Balaban J connectivity index is 1.96. The first kappa shape index (κ1) is 12.4. The predicted molar refractivity (Wildman–Crippen MR) is 74.9 cm³/mol. The lowest BCUT2D eigenvalue weighted by molar-refractivity contribution is 0.0956. The van der Waals surface area contributed by atoms with Gasteiger partial charge < -0.3 is 4.42 Å². The molecular weight excluding hydrogens is 260 g/mol. The van der Waals surface area contributed by atoms with Crippen LogP contribution in [-0.4, -0.2) is 16.9 Å². The third-order valence-electron chi connectivity index (χ3n) is 3.18. The van der Waals surface area contributed by atoms with Gasteiger partial charge in [-0.2, -0.15) is 0 Å². The van der Waals surface area contributed by atoms with Crippen molar-refractivity contribution >= 4 is 22.4 Å². The first-order valence-electron chi connectivity index (χ1n) is 6.39. The average molecular weight is 276 g/mol. The molecule has 1 aliphatic rings. The van der Waals surface area contributed by atoms with Gasteiger partial charge in [0.2, 0.25) is 0 Å². The normalized spacial score (nSPS) is 14.7. The fourth-order valence-corrected chi connectivity index (χ4v) is 3.03. The first-order valence-corrected chi connectivity index (χ1v) is 7.27. The number of thiazole rings is 1. The summed E-state index contributed by atoms with van der Waals surface area (Å²) in [6.45, 7) is 5.71. The lowest BCUT2D eigenvalue weighted by Crippen LogP contribution is -2.33. The molecular formula is C14H16N2O2S. The third-order valence-corrected chi connectivity index (χ3v) is 4.14. The van der Waals surface area contributed by atoms with Crippen LogP contribution in [0.4, 0.5) is 5.13 Å². The van der Waals surface area contributed by atoms with E-state index in [9.17, 15) is 4.79 Å². The molecule has 3 rings (SSSR count). The Hall–Kier alpha value is -1.62. The van der Waals surface area contributed by atoms with Crippen LogP contribution in [0.5, 0.6) is 0 Å². The summed E-state index contributed by atoms with van der Waals surface area (Å²) in [5.74, 6) is 1.15. The number of anilines is 1. The Labute approximate surface area is 116 Å². The van der Waals surface area contributed by atoms with Gasteiger partial charge in [0.25, 0.3) is 5.91 Å². The van der Waals surface area contributed by atoms with Crippen molar-refractivity contribution in [2.75, 3.05) is 4.90 Å². The van der Waals surface area contributed by atoms with Crippen molar-refractivity contribution in [3.05, 3.63) is 34.2 Å². The van der Waals surface area contributed by atoms with Crippen molar-refractivity contribution in [3.63, 3.8) is 0 Å². The van der Waals surface area contributed by atoms with Crippen LogP contribution in [-0.2, 0) is 0 Å². The van der Waals surface area contributed by atoms with Crippen molar-refractivity contribution < 1.29 is 9.21 Å². The second kappa shape index (κ2) is 4.49. The Kier molecular flexibility index (Phi) is 2.93. The summed E-state index contributed by atoms with van der Waals surface area (Å²) in [4.78, 5) is 18.9. The summed E-state index contributed by atoms with van der Waals surface area (Å²) in [5, 5.41) is 2.75. The number of amides is 1. The molecule has 1 amide bonds. The molecule has 0 atom stereocenters. The van der Waals surface area contributed by atoms with Crippen LogP contribution in [0.3, 0.4) is 0 Å². The van der Waals surface area contributed by atoms with Crippen LogP contribution < -0.4 is 4.90 Å². The number of carbonyl (C=O) groups is 1. The van der Waals surface area contributed by atoms with E-state index in [0.717, 1.165) is 35.0 Å². The molecule has 100 valence electrons. The van der Waals surface area contributed by atoms with Gasteiger partial charge in [-0.1, -0.05) is 0 Å². The summed E-state index contributed by atoms with van der Waals surface area (Å²) in [6, 6.07) is 2.17. The second-order valence-corrected chi connectivity index (χ2v) is 5.88. The SMILES string of the molecule is Cc1csc(N(C(=O)c2oc(C)cc2C)C2CC2)n1. The van der Waals surface area contributed by atoms with Gasteiger partial charge in [0, 0.05) is 17.0 Å². The topological polar surface area (TPSA) is 46.3 Å². The van der Waals surface area contributed by atoms with Gasteiger partial charge in [0.05, 0.1) is 5.69 Å². The fourth-order valence-electron chi connectivity index (χ4n) is 2.16. The minimum absolute atomic E-state index is 0.0672. The van der Waals surface area contributed by atoms with E-state index in [1.807, 2.05) is 32.2 Å². The summed E-state index contributed by atoms with van der Waals surface area (Å²) < 4.78 is 5.55. The number of furan rings is 1. The number of nitrogens with zero attached hydrogens (tertiary/aromatic N) is 2. The number of rotatable bonds is 3. The average Bonchev–Trinajstić information content (AvgIpc) is 2.99. The number of aromatic nitrogens is 1. The lowest BCUT2D eigenvalue weighted by atomic mass is 10.2. The molecule has 0 bridgehead atoms. The Morgan fingerprint density at radius 1 is 1.42 bits per heavy atom. The molecule has 4 nitrogen and oxygen atoms in total. The van der Waals surface area contributed by atoms with Crippen molar-refractivity contribution in [3.8, 4) is 0 Å². The zero-order valence-electron chi connectivity index (χ0n) is 11.3. The maximum atomic E-state index is 12.7. The van der Waals surface area contributed by atoms with Gasteiger partial charge in [-0.3, -0.25) is 9.69 Å². The molecule has 2 heterocycles. The molecule has 0 aliphatic heterocycles. The molecule has 0 spiro atoms. The number of carbonyl (C=O) groups excluding carboxylic acids is 1. The van der Waals surface area contributed by atoms with E-state index in [1.165, 1.54) is 11.3 Å². The molecule has 1 fully saturated rings. The lowest BCUT2D eigenvalue weighted by Gasteiger charge is -2.18. The van der Waals surface area contributed by atoms with Crippen molar-refractivity contribution in [2.24, 2.45) is 0 Å². The van der Waals surface area contributed by atoms with Gasteiger partial charge in [-0.05, 0) is 39.7 Å². The van der Waals surface area contributed by atoms with E-state index >= 15 is 0 Å². The molecule has 0 saturated heterocycles. The van der Waals surface area contributed by atoms with Gasteiger partial charge in [-0.25, -0.2) is 4.98 Å². The molecule has 0 radical (unpaired) electrons. The van der Waals surface area contributed by atoms with Gasteiger partial charge in [0.1, 0.15) is 5.76 Å². The first-order chi connectivity index (χ1) is 9.06. The molecule has 19 heavy (non-hydrogen) atoms. The van der Waals surface area contributed by atoms with Crippen LogP contribution in [0.1, 0.15) is 40.4 Å². The van der Waals surface area contributed by atoms with E-state index < -0.39 is 0 Å². The third kappa shape index (κ3) is 2.30. The maximum absolute atomic E-state index is 12.7. The Morgan fingerprint density at radius 3 is 2.63 bits per heavy atom. The van der Waals surface area contributed by atoms with Gasteiger partial charge in [-0.15, -0.1) is 11.3 Å². The van der Waals surface area contributed by atoms with E-state index in [4.69, 9.17) is 4.42 Å². The molecule has 2 aromatic heterocycles. The standard InChI is InChI=1S/C14H16N2O2S/c1-8-6-10(3)18-12(8)13(17)16(11-4-5-11)14-15-9(2)7-19-14/h6-7,11H,4-5H2,1-3H3. The summed E-state index contributed by atoms with van der Waals surface area (Å²) in [5.41, 5.74) is 1.84. The van der Waals surface area contributed by atoms with Crippen LogP contribution in [0, 0.1) is 20.8 Å². The van der Waals surface area contributed by atoms with E-state index in [1.54, 1.807) is 4.90 Å². The smallest absolute Gasteiger partial charge is 0.296 e. The van der Waals surface area contributed by atoms with Crippen LogP contribution in [0.15, 0.2) is 15.9 Å². The van der Waals surface area contributed by atoms with Gasteiger partial charge >= 0.3 is 0 Å². The van der Waals surface area contributed by atoms with Crippen LogP contribution in [0.2, 0.25) is 0 Å². The number of hydrogen-bond acceptors (Lipinski definition) is 4. The van der Waals surface area contributed by atoms with Crippen molar-refractivity contribution in [1.82, 2.24) is 4.98 Å². The number of aryl methyl sites for hydroxylation is 3. The quantitative estimate of drug-likeness (QED) is 0.862. The Morgan fingerprint density at radius 2 is 2.16 bits per heavy atom. The minimum atomic E-state index is -0.0672. The highest BCUT2D eigenvalue weighted by Gasteiger charge is 2.37. The predicted octanol–water partition coefficient (Wildman–Crippen LogP) is 3.47. The monoisotopic (exact) mass is 276 g/mol. The summed E-state index contributed by atoms with van der Waals surface area (Å²) in [6.07, 6.45) is 2.09. The second-order valence-electron chi connectivity index (χ2n) is 5.05. The highest BCUT2D eigenvalue weighted by Crippen LogP contribution is 2.35. The van der Waals surface area contributed by atoms with Crippen LogP contribution in [0.25, 0.3) is 0 Å². The molecule has 1 saturated carbocycles. The molecule has 0 unspecified atom stereocenters. The van der Waals surface area contributed by atoms with Crippen LogP contribution >= 0.6 is 11.3 Å². The molecule has 0 aromatic carbocycles. The molecule has 5 heteroatoms. The van der Waals surface area contributed by atoms with E-state index in [0.29, 0.717) is 5.76 Å².